The van der Waals surface area contributed by atoms with E-state index in [-0.39, 0.29) is 22.3 Å². The van der Waals surface area contributed by atoms with Gasteiger partial charge in [0.2, 0.25) is 11.2 Å². The molecule has 18 heteroatoms. The molecule has 0 spiro atoms. The predicted octanol–water partition coefficient (Wildman–Crippen LogP) is 1.01. The first-order valence-corrected chi connectivity index (χ1v) is 12.5. The summed E-state index contributed by atoms with van der Waals surface area (Å²) < 4.78 is 117. The summed E-state index contributed by atoms with van der Waals surface area (Å²) in [5.41, 5.74) is -1.69. The van der Waals surface area contributed by atoms with Gasteiger partial charge in [-0.2, -0.15) is 25.3 Å². The van der Waals surface area contributed by atoms with Crippen molar-refractivity contribution in [3.8, 4) is 34.3 Å². The number of benzene rings is 2. The van der Waals surface area contributed by atoms with Gasteiger partial charge in [-0.05, 0) is 30.3 Å². The van der Waals surface area contributed by atoms with E-state index in [0.717, 1.165) is 43.5 Å². The van der Waals surface area contributed by atoms with Gasteiger partial charge in [-0.25, -0.2) is 0 Å². The van der Waals surface area contributed by atoms with Crippen LogP contribution >= 0.6 is 0 Å². The van der Waals surface area contributed by atoms with Crippen molar-refractivity contribution in [2.24, 2.45) is 0 Å². The Balaban J connectivity index is 2.30. The van der Waals surface area contributed by atoms with E-state index in [1.54, 1.807) is 0 Å². The molecule has 3 aromatic rings. The molecule has 0 aliphatic heterocycles. The maximum Gasteiger partial charge on any atom is 0.446 e. The molecule has 0 amide bonds. The van der Waals surface area contributed by atoms with Gasteiger partial charge in [-0.1, -0.05) is 0 Å². The number of methoxy groups -OCH3 is 1. The van der Waals surface area contributed by atoms with Crippen molar-refractivity contribution in [2.75, 3.05) is 7.11 Å². The van der Waals surface area contributed by atoms with E-state index >= 15 is 0 Å². The normalized spacial score (nSPS) is 12.4. The molecule has 0 unspecified atom stereocenters. The number of rotatable bonds is 8. The van der Waals surface area contributed by atoms with Crippen molar-refractivity contribution >= 4 is 42.2 Å². The highest BCUT2D eigenvalue weighted by Gasteiger charge is 2.24. The van der Waals surface area contributed by atoms with Crippen molar-refractivity contribution < 1.29 is 60.6 Å². The van der Waals surface area contributed by atoms with Crippen LogP contribution in [0.1, 0.15) is 0 Å². The van der Waals surface area contributed by atoms with Crippen LogP contribution in [0.15, 0.2) is 45.6 Å². The minimum Gasteiger partial charge on any atom is -0.493 e. The number of ether oxygens (including phenoxy) is 1. The van der Waals surface area contributed by atoms with E-state index in [4.69, 9.17) is 22.8 Å². The van der Waals surface area contributed by atoms with Crippen LogP contribution in [0.25, 0.3) is 22.3 Å². The van der Waals surface area contributed by atoms with Crippen LogP contribution in [0.5, 0.6) is 23.0 Å². The predicted molar refractivity (Wildman–Crippen MR) is 111 cm³/mol. The van der Waals surface area contributed by atoms with E-state index in [9.17, 15) is 30.0 Å². The Hall–Kier alpha value is -3.42. The maximum absolute atomic E-state index is 12.9. The third-order valence-electron chi connectivity index (χ3n) is 3.83. The third kappa shape index (κ3) is 6.12. The largest absolute Gasteiger partial charge is 0.493 e. The number of hydrogen-bond donors (Lipinski definition) is 3. The van der Waals surface area contributed by atoms with Crippen molar-refractivity contribution in [3.05, 3.63) is 46.6 Å². The molecular formula is C16H12O15S3. The first kappa shape index (κ1) is 25.2. The Morgan fingerprint density at radius 2 is 1.38 bits per heavy atom. The quantitative estimate of drug-likeness (QED) is 0.338. The zero-order chi connectivity index (χ0) is 25.5. The molecule has 0 radical (unpaired) electrons. The SMILES string of the molecule is COc1cc(-c2oc3cc(OS(=O)(=O)O)ccc3c(=O)c2OS(=O)(=O)O)ccc1OS(=O)(=O)O. The molecular weight excluding hydrogens is 528 g/mol. The summed E-state index contributed by atoms with van der Waals surface area (Å²) in [6, 6.07) is 5.77. The molecule has 34 heavy (non-hydrogen) atoms. The summed E-state index contributed by atoms with van der Waals surface area (Å²) >= 11 is 0. The standard InChI is InChI=1S/C16H12O15S3/c1-27-13-6-8(2-5-11(13)30-33(21,22)23)15-16(31-34(24,25)26)14(17)10-4-3-9(7-12(10)28-15)29-32(18,19)20/h2-7H,1H3,(H,18,19,20)(H,21,22,23)(H,24,25,26). The second-order valence-corrected chi connectivity index (χ2v) is 9.21. The van der Waals surface area contributed by atoms with Crippen LogP contribution in [0.3, 0.4) is 0 Å². The molecule has 0 aliphatic carbocycles. The maximum atomic E-state index is 12.9. The van der Waals surface area contributed by atoms with Gasteiger partial charge in [-0.3, -0.25) is 18.5 Å². The lowest BCUT2D eigenvalue weighted by Gasteiger charge is -2.12. The average Bonchev–Trinajstić information content (AvgIpc) is 2.67. The molecule has 2 aromatic carbocycles. The van der Waals surface area contributed by atoms with Crippen LogP contribution < -0.4 is 22.7 Å². The molecule has 3 rings (SSSR count). The van der Waals surface area contributed by atoms with Crippen LogP contribution in [-0.2, 0) is 31.2 Å². The molecule has 0 aliphatic rings. The summed E-state index contributed by atoms with van der Waals surface area (Å²) in [7, 11) is -14.0. The highest BCUT2D eigenvalue weighted by molar-refractivity contribution is 7.81. The smallest absolute Gasteiger partial charge is 0.446 e. The van der Waals surface area contributed by atoms with E-state index in [1.807, 2.05) is 0 Å². The first-order chi connectivity index (χ1) is 15.6. The Labute approximate surface area is 190 Å². The second-order valence-electron chi connectivity index (χ2n) is 6.15. The fraction of sp³-hybridized carbons (Fsp3) is 0.0625. The highest BCUT2D eigenvalue weighted by Crippen LogP contribution is 2.38. The fourth-order valence-corrected chi connectivity index (χ4v) is 3.77. The summed E-state index contributed by atoms with van der Waals surface area (Å²) in [5, 5.41) is -0.344. The molecule has 0 fully saturated rings. The van der Waals surface area contributed by atoms with E-state index < -0.39 is 59.6 Å². The van der Waals surface area contributed by atoms with Gasteiger partial charge in [0.25, 0.3) is 0 Å². The molecule has 0 bridgehead atoms. The van der Waals surface area contributed by atoms with Gasteiger partial charge in [0, 0.05) is 11.6 Å². The lowest BCUT2D eigenvalue weighted by molar-refractivity contribution is 0.360. The van der Waals surface area contributed by atoms with Crippen LogP contribution in [0.4, 0.5) is 0 Å². The first-order valence-electron chi connectivity index (χ1n) is 8.36. The molecule has 15 nitrogen and oxygen atoms in total. The molecule has 0 atom stereocenters. The van der Waals surface area contributed by atoms with Crippen LogP contribution in [0, 0.1) is 0 Å². The Bertz CT molecular complexity index is 1650. The van der Waals surface area contributed by atoms with Gasteiger partial charge in [0.15, 0.2) is 17.3 Å². The summed E-state index contributed by atoms with van der Waals surface area (Å²) in [6.07, 6.45) is 0. The average molecular weight is 540 g/mol. The second kappa shape index (κ2) is 8.74. The fourth-order valence-electron chi connectivity index (χ4n) is 2.69. The third-order valence-corrected chi connectivity index (χ3v) is 5.00. The van der Waals surface area contributed by atoms with Gasteiger partial charge in [0.05, 0.1) is 12.5 Å². The monoisotopic (exact) mass is 540 g/mol. The van der Waals surface area contributed by atoms with Crippen molar-refractivity contribution in [2.45, 2.75) is 0 Å². The van der Waals surface area contributed by atoms with Crippen molar-refractivity contribution in [1.82, 2.24) is 0 Å². The Morgan fingerprint density at radius 3 is 1.94 bits per heavy atom. The molecule has 0 saturated heterocycles. The summed E-state index contributed by atoms with van der Waals surface area (Å²) in [4.78, 5) is 12.9. The Morgan fingerprint density at radius 1 is 0.765 bits per heavy atom. The minimum atomic E-state index is -5.24. The lowest BCUT2D eigenvalue weighted by atomic mass is 10.1. The minimum absolute atomic E-state index is 0.182. The lowest BCUT2D eigenvalue weighted by Crippen LogP contribution is -2.15. The Kier molecular flexibility index (Phi) is 6.48. The topological polar surface area (TPSA) is 230 Å². The van der Waals surface area contributed by atoms with Gasteiger partial charge in [-0.15, -0.1) is 0 Å². The van der Waals surface area contributed by atoms with Gasteiger partial charge in [0.1, 0.15) is 11.3 Å². The number of hydrogen-bond acceptors (Lipinski definition) is 12. The highest BCUT2D eigenvalue weighted by atomic mass is 32.3. The van der Waals surface area contributed by atoms with Crippen molar-refractivity contribution in [1.29, 1.82) is 0 Å². The van der Waals surface area contributed by atoms with E-state index in [2.05, 4.69) is 12.5 Å². The molecule has 1 heterocycles. The van der Waals surface area contributed by atoms with Gasteiger partial charge >= 0.3 is 31.2 Å². The van der Waals surface area contributed by atoms with Crippen LogP contribution in [-0.4, -0.2) is 46.0 Å². The number of fused-ring (bicyclic) bond motifs is 1. The van der Waals surface area contributed by atoms with Gasteiger partial charge < -0.3 is 21.7 Å². The molecule has 184 valence electrons. The van der Waals surface area contributed by atoms with E-state index in [1.165, 1.54) is 0 Å². The molecule has 1 aromatic heterocycles. The molecule has 0 saturated carbocycles. The summed E-state index contributed by atoms with van der Waals surface area (Å²) in [6.45, 7) is 0. The van der Waals surface area contributed by atoms with Crippen LogP contribution in [0.2, 0.25) is 0 Å². The zero-order valence-corrected chi connectivity index (χ0v) is 18.9. The van der Waals surface area contributed by atoms with Crippen molar-refractivity contribution in [3.63, 3.8) is 0 Å². The summed E-state index contributed by atoms with van der Waals surface area (Å²) in [5.74, 6) is -2.99. The van der Waals surface area contributed by atoms with E-state index in [0.29, 0.717) is 0 Å². The molecule has 3 N–H and O–H groups in total. The zero-order valence-electron chi connectivity index (χ0n) is 16.4.